The van der Waals surface area contributed by atoms with Crippen molar-refractivity contribution in [1.29, 1.82) is 0 Å². The van der Waals surface area contributed by atoms with E-state index in [9.17, 15) is 4.39 Å². The van der Waals surface area contributed by atoms with Crippen molar-refractivity contribution >= 4 is 12.2 Å². The molecule has 0 N–H and O–H groups in total. The zero-order valence-corrected chi connectivity index (χ0v) is 16.2. The summed E-state index contributed by atoms with van der Waals surface area (Å²) in [5.41, 5.74) is 2.30. The molecule has 1 fully saturated rings. The first-order valence-corrected chi connectivity index (χ1v) is 9.65. The van der Waals surface area contributed by atoms with Gasteiger partial charge in [-0.2, -0.15) is 5.10 Å². The zero-order valence-electron chi connectivity index (χ0n) is 15.4. The third-order valence-electron chi connectivity index (χ3n) is 4.82. The third kappa shape index (κ3) is 4.34. The van der Waals surface area contributed by atoms with Crippen LogP contribution in [0, 0.1) is 10.6 Å². The van der Waals surface area contributed by atoms with Gasteiger partial charge in [0.15, 0.2) is 4.77 Å². The van der Waals surface area contributed by atoms with Crippen LogP contribution < -0.4 is 0 Å². The van der Waals surface area contributed by atoms with Crippen molar-refractivity contribution in [3.8, 4) is 0 Å². The fourth-order valence-electron chi connectivity index (χ4n) is 3.29. The van der Waals surface area contributed by atoms with E-state index in [4.69, 9.17) is 17.3 Å². The molecular weight excluding hydrogens is 359 g/mol. The van der Waals surface area contributed by atoms with E-state index in [1.807, 2.05) is 29.9 Å². The van der Waals surface area contributed by atoms with Crippen molar-refractivity contribution in [3.63, 3.8) is 0 Å². The van der Waals surface area contributed by atoms with E-state index in [1.54, 1.807) is 0 Å². The molecule has 0 bridgehead atoms. The Morgan fingerprint density at radius 2 is 1.78 bits per heavy atom. The summed E-state index contributed by atoms with van der Waals surface area (Å²) in [6.45, 7) is 2.08. The summed E-state index contributed by atoms with van der Waals surface area (Å²) in [4.78, 5) is 2.14. The van der Waals surface area contributed by atoms with Gasteiger partial charge in [0.05, 0.1) is 13.2 Å². The lowest BCUT2D eigenvalue weighted by Crippen LogP contribution is -2.22. The zero-order chi connectivity index (χ0) is 18.8. The highest BCUT2D eigenvalue weighted by Gasteiger charge is 2.30. The lowest BCUT2D eigenvalue weighted by Gasteiger charge is -2.16. The van der Waals surface area contributed by atoms with Gasteiger partial charge in [-0.25, -0.2) is 9.07 Å². The van der Waals surface area contributed by atoms with Gasteiger partial charge in [-0.15, -0.1) is 0 Å². The molecule has 0 amide bonds. The third-order valence-corrected chi connectivity index (χ3v) is 5.25. The van der Waals surface area contributed by atoms with Gasteiger partial charge in [0.25, 0.3) is 0 Å². The predicted octanol–water partition coefficient (Wildman–Crippen LogP) is 4.57. The number of benzene rings is 2. The van der Waals surface area contributed by atoms with Crippen molar-refractivity contribution in [2.45, 2.75) is 38.5 Å². The van der Waals surface area contributed by atoms with E-state index < -0.39 is 0 Å². The molecule has 1 aliphatic carbocycles. The molecular formula is C21H23FN4S. The number of halogens is 1. The van der Waals surface area contributed by atoms with E-state index in [0.717, 1.165) is 22.7 Å². The second-order valence-electron chi connectivity index (χ2n) is 7.27. The molecule has 1 heterocycles. The summed E-state index contributed by atoms with van der Waals surface area (Å²) in [6, 6.07) is 17.0. The summed E-state index contributed by atoms with van der Waals surface area (Å²) in [5.74, 6) is 1.41. The Kier molecular flexibility index (Phi) is 5.18. The summed E-state index contributed by atoms with van der Waals surface area (Å²) in [5, 5.41) is 4.84. The highest BCUT2D eigenvalue weighted by molar-refractivity contribution is 7.71. The average Bonchev–Trinajstić information content (AvgIpc) is 3.46. The molecule has 6 heteroatoms. The fourth-order valence-corrected chi connectivity index (χ4v) is 3.54. The molecule has 0 radical (unpaired) electrons. The second-order valence-corrected chi connectivity index (χ2v) is 7.63. The SMILES string of the molecule is CN(Cc1ccc(F)cc1)Cn1nc(C2CC2)n(Cc2ccccc2)c1=S. The molecule has 0 spiro atoms. The number of aromatic nitrogens is 3. The van der Waals surface area contributed by atoms with Crippen LogP contribution in [0.5, 0.6) is 0 Å². The van der Waals surface area contributed by atoms with Gasteiger partial charge < -0.3 is 0 Å². The smallest absolute Gasteiger partial charge is 0.199 e. The number of rotatable bonds is 7. The summed E-state index contributed by atoms with van der Waals surface area (Å²) >= 11 is 5.75. The highest BCUT2D eigenvalue weighted by atomic mass is 32.1. The Morgan fingerprint density at radius 3 is 2.44 bits per heavy atom. The molecule has 0 atom stereocenters. The maximum atomic E-state index is 13.1. The van der Waals surface area contributed by atoms with Crippen molar-refractivity contribution in [2.75, 3.05) is 7.05 Å². The molecule has 1 saturated carbocycles. The maximum absolute atomic E-state index is 13.1. The van der Waals surface area contributed by atoms with Gasteiger partial charge >= 0.3 is 0 Å². The van der Waals surface area contributed by atoms with Crippen LogP contribution in [0.15, 0.2) is 54.6 Å². The van der Waals surface area contributed by atoms with Crippen LogP contribution in [0.2, 0.25) is 0 Å². The van der Waals surface area contributed by atoms with E-state index in [1.165, 1.54) is 30.5 Å². The summed E-state index contributed by atoms with van der Waals surface area (Å²) in [6.07, 6.45) is 2.37. The minimum absolute atomic E-state index is 0.211. The van der Waals surface area contributed by atoms with E-state index in [-0.39, 0.29) is 5.82 Å². The summed E-state index contributed by atoms with van der Waals surface area (Å²) in [7, 11) is 2.03. The van der Waals surface area contributed by atoms with E-state index in [0.29, 0.717) is 19.1 Å². The van der Waals surface area contributed by atoms with E-state index in [2.05, 4.69) is 33.7 Å². The molecule has 4 rings (SSSR count). The van der Waals surface area contributed by atoms with E-state index >= 15 is 0 Å². The largest absolute Gasteiger partial charge is 0.299 e. The Balaban J connectivity index is 1.53. The Bertz CT molecular complexity index is 958. The topological polar surface area (TPSA) is 26.0 Å². The Morgan fingerprint density at radius 1 is 1.07 bits per heavy atom. The maximum Gasteiger partial charge on any atom is 0.199 e. The molecule has 2 aromatic carbocycles. The monoisotopic (exact) mass is 382 g/mol. The van der Waals surface area contributed by atoms with Gasteiger partial charge in [-0.05, 0) is 55.4 Å². The van der Waals surface area contributed by atoms with Crippen LogP contribution in [0.3, 0.4) is 0 Å². The lowest BCUT2D eigenvalue weighted by atomic mass is 10.2. The second kappa shape index (κ2) is 7.74. The molecule has 140 valence electrons. The molecule has 3 aromatic rings. The standard InChI is InChI=1S/C21H23FN4S/c1-24(13-17-7-11-19(22)12-8-17)15-26-21(27)25(20(23-26)18-9-10-18)14-16-5-3-2-4-6-16/h2-8,11-12,18H,9-10,13-15H2,1H3. The van der Waals surface area contributed by atoms with Gasteiger partial charge in [0.1, 0.15) is 11.6 Å². The molecule has 0 saturated heterocycles. The van der Waals surface area contributed by atoms with Gasteiger partial charge in [0.2, 0.25) is 0 Å². The van der Waals surface area contributed by atoms with Crippen LogP contribution in [0.4, 0.5) is 4.39 Å². The number of hydrogen-bond acceptors (Lipinski definition) is 3. The van der Waals surface area contributed by atoms with Crippen LogP contribution in [0.1, 0.15) is 35.7 Å². The molecule has 0 unspecified atom stereocenters. The minimum Gasteiger partial charge on any atom is -0.299 e. The molecule has 4 nitrogen and oxygen atoms in total. The minimum atomic E-state index is -0.211. The fraction of sp³-hybridized carbons (Fsp3) is 0.333. The number of nitrogens with zero attached hydrogens (tertiary/aromatic N) is 4. The van der Waals surface area contributed by atoms with Crippen molar-refractivity contribution in [2.24, 2.45) is 0 Å². The predicted molar refractivity (Wildman–Crippen MR) is 106 cm³/mol. The number of hydrogen-bond donors (Lipinski definition) is 0. The molecule has 1 aromatic heterocycles. The quantitative estimate of drug-likeness (QED) is 0.560. The van der Waals surface area contributed by atoms with Crippen molar-refractivity contribution in [3.05, 3.63) is 82.1 Å². The molecule has 1 aliphatic rings. The van der Waals surface area contributed by atoms with Gasteiger partial charge in [0, 0.05) is 12.5 Å². The normalized spacial score (nSPS) is 14.0. The van der Waals surface area contributed by atoms with Crippen LogP contribution in [-0.2, 0) is 19.8 Å². The molecule has 27 heavy (non-hydrogen) atoms. The first-order chi connectivity index (χ1) is 13.1. The first kappa shape index (κ1) is 18.1. The molecule has 0 aliphatic heterocycles. The highest BCUT2D eigenvalue weighted by Crippen LogP contribution is 2.39. The first-order valence-electron chi connectivity index (χ1n) is 9.24. The Labute approximate surface area is 163 Å². The van der Waals surface area contributed by atoms with Gasteiger partial charge in [-0.1, -0.05) is 42.5 Å². The average molecular weight is 383 g/mol. The lowest BCUT2D eigenvalue weighted by molar-refractivity contribution is 0.243. The van der Waals surface area contributed by atoms with Crippen LogP contribution in [0.25, 0.3) is 0 Å². The van der Waals surface area contributed by atoms with Gasteiger partial charge in [-0.3, -0.25) is 9.47 Å². The summed E-state index contributed by atoms with van der Waals surface area (Å²) < 4.78 is 17.9. The van der Waals surface area contributed by atoms with Crippen LogP contribution >= 0.6 is 12.2 Å². The van der Waals surface area contributed by atoms with Crippen LogP contribution in [-0.4, -0.2) is 26.3 Å². The Hall–Kier alpha value is -2.31. The van der Waals surface area contributed by atoms with Crippen molar-refractivity contribution < 1.29 is 4.39 Å². The van der Waals surface area contributed by atoms with Crippen molar-refractivity contribution in [1.82, 2.24) is 19.2 Å².